The van der Waals surface area contributed by atoms with Crippen LogP contribution >= 0.6 is 0 Å². The van der Waals surface area contributed by atoms with E-state index in [2.05, 4.69) is 0 Å². The van der Waals surface area contributed by atoms with Crippen LogP contribution in [0.1, 0.15) is 28.8 Å². The molecule has 4 N–H and O–H groups in total. The topological polar surface area (TPSA) is 69.1 Å². The SMILES string of the molecule is Cc1ccc(N)c(C(=O)CCCN)c1. The van der Waals surface area contributed by atoms with E-state index in [-0.39, 0.29) is 5.78 Å². The van der Waals surface area contributed by atoms with Crippen molar-refractivity contribution < 1.29 is 4.79 Å². The van der Waals surface area contributed by atoms with Gasteiger partial charge in [-0.05, 0) is 32.0 Å². The van der Waals surface area contributed by atoms with Crippen LogP contribution in [0.3, 0.4) is 0 Å². The Kier molecular flexibility index (Phi) is 3.65. The van der Waals surface area contributed by atoms with Crippen LogP contribution in [0.15, 0.2) is 18.2 Å². The lowest BCUT2D eigenvalue weighted by Gasteiger charge is -2.05. The highest BCUT2D eigenvalue weighted by atomic mass is 16.1. The van der Waals surface area contributed by atoms with Gasteiger partial charge in [-0.1, -0.05) is 11.6 Å². The van der Waals surface area contributed by atoms with Crippen molar-refractivity contribution in [1.82, 2.24) is 0 Å². The molecule has 0 fully saturated rings. The van der Waals surface area contributed by atoms with Gasteiger partial charge in [-0.15, -0.1) is 0 Å². The maximum Gasteiger partial charge on any atom is 0.164 e. The summed E-state index contributed by atoms with van der Waals surface area (Å²) in [6, 6.07) is 5.49. The van der Waals surface area contributed by atoms with Crippen molar-refractivity contribution >= 4 is 11.5 Å². The van der Waals surface area contributed by atoms with E-state index in [1.165, 1.54) is 0 Å². The Morgan fingerprint density at radius 1 is 1.43 bits per heavy atom. The Labute approximate surface area is 84.1 Å². The average Bonchev–Trinajstić information content (AvgIpc) is 2.18. The van der Waals surface area contributed by atoms with Crippen molar-refractivity contribution in [2.45, 2.75) is 19.8 Å². The molecule has 0 bridgehead atoms. The van der Waals surface area contributed by atoms with Crippen LogP contribution in [0.4, 0.5) is 5.69 Å². The van der Waals surface area contributed by atoms with E-state index >= 15 is 0 Å². The van der Waals surface area contributed by atoms with Gasteiger partial charge in [-0.2, -0.15) is 0 Å². The van der Waals surface area contributed by atoms with Gasteiger partial charge >= 0.3 is 0 Å². The molecule has 0 aromatic heterocycles. The first-order valence-corrected chi connectivity index (χ1v) is 4.74. The fourth-order valence-corrected chi connectivity index (χ4v) is 1.31. The minimum Gasteiger partial charge on any atom is -0.398 e. The summed E-state index contributed by atoms with van der Waals surface area (Å²) >= 11 is 0. The number of benzene rings is 1. The molecular weight excluding hydrogens is 176 g/mol. The molecule has 0 saturated carbocycles. The van der Waals surface area contributed by atoms with Crippen LogP contribution in [0.2, 0.25) is 0 Å². The number of carbonyl (C=O) groups is 1. The van der Waals surface area contributed by atoms with E-state index in [0.29, 0.717) is 30.6 Å². The number of nitrogens with two attached hydrogens (primary N) is 2. The first-order valence-electron chi connectivity index (χ1n) is 4.74. The zero-order valence-electron chi connectivity index (χ0n) is 8.42. The molecule has 14 heavy (non-hydrogen) atoms. The summed E-state index contributed by atoms with van der Waals surface area (Å²) in [5.41, 5.74) is 13.3. The lowest BCUT2D eigenvalue weighted by atomic mass is 10.0. The molecule has 0 aliphatic rings. The molecule has 3 heteroatoms. The second-order valence-electron chi connectivity index (χ2n) is 3.41. The Morgan fingerprint density at radius 3 is 2.79 bits per heavy atom. The van der Waals surface area contributed by atoms with Gasteiger partial charge in [0.2, 0.25) is 0 Å². The molecule has 0 spiro atoms. The van der Waals surface area contributed by atoms with Gasteiger partial charge in [0.25, 0.3) is 0 Å². The summed E-state index contributed by atoms with van der Waals surface area (Å²) in [5.74, 6) is 0.0802. The van der Waals surface area contributed by atoms with Crippen LogP contribution in [-0.4, -0.2) is 12.3 Å². The minimum absolute atomic E-state index is 0.0802. The summed E-state index contributed by atoms with van der Waals surface area (Å²) in [7, 11) is 0. The molecule has 0 atom stereocenters. The van der Waals surface area contributed by atoms with Crippen LogP contribution in [-0.2, 0) is 0 Å². The van der Waals surface area contributed by atoms with Gasteiger partial charge in [-0.25, -0.2) is 0 Å². The molecule has 0 amide bonds. The number of anilines is 1. The maximum absolute atomic E-state index is 11.6. The molecule has 0 unspecified atom stereocenters. The third-order valence-corrected chi connectivity index (χ3v) is 2.12. The summed E-state index contributed by atoms with van der Waals surface area (Å²) < 4.78 is 0. The fraction of sp³-hybridized carbons (Fsp3) is 0.364. The minimum atomic E-state index is 0.0802. The molecule has 0 aliphatic heterocycles. The molecule has 0 saturated heterocycles. The fourth-order valence-electron chi connectivity index (χ4n) is 1.31. The highest BCUT2D eigenvalue weighted by molar-refractivity contribution is 6.00. The number of hydrogen-bond donors (Lipinski definition) is 2. The van der Waals surface area contributed by atoms with Crippen molar-refractivity contribution in [3.63, 3.8) is 0 Å². The standard InChI is InChI=1S/C11H16N2O/c1-8-4-5-10(13)9(7-8)11(14)3-2-6-12/h4-5,7H,2-3,6,12-13H2,1H3. The monoisotopic (exact) mass is 192 g/mol. The number of nitrogen functional groups attached to an aromatic ring is 1. The van der Waals surface area contributed by atoms with E-state index in [9.17, 15) is 4.79 Å². The van der Waals surface area contributed by atoms with E-state index in [0.717, 1.165) is 5.56 Å². The molecule has 1 rings (SSSR count). The maximum atomic E-state index is 11.6. The molecule has 0 aliphatic carbocycles. The number of hydrogen-bond acceptors (Lipinski definition) is 3. The van der Waals surface area contributed by atoms with Crippen LogP contribution in [0, 0.1) is 6.92 Å². The molecule has 1 aromatic rings. The van der Waals surface area contributed by atoms with Gasteiger partial charge in [0, 0.05) is 17.7 Å². The molecule has 1 aromatic carbocycles. The van der Waals surface area contributed by atoms with Crippen molar-refractivity contribution in [1.29, 1.82) is 0 Å². The summed E-state index contributed by atoms with van der Waals surface area (Å²) in [5, 5.41) is 0. The van der Waals surface area contributed by atoms with Crippen molar-refractivity contribution in [2.24, 2.45) is 5.73 Å². The number of aryl methyl sites for hydroxylation is 1. The average molecular weight is 192 g/mol. The normalized spacial score (nSPS) is 10.1. The molecular formula is C11H16N2O. The summed E-state index contributed by atoms with van der Waals surface area (Å²) in [4.78, 5) is 11.6. The van der Waals surface area contributed by atoms with Crippen molar-refractivity contribution in [3.05, 3.63) is 29.3 Å². The van der Waals surface area contributed by atoms with Gasteiger partial charge in [0.05, 0.1) is 0 Å². The van der Waals surface area contributed by atoms with Gasteiger partial charge in [0.15, 0.2) is 5.78 Å². The molecule has 0 heterocycles. The van der Waals surface area contributed by atoms with Crippen molar-refractivity contribution in [2.75, 3.05) is 12.3 Å². The van der Waals surface area contributed by atoms with E-state index in [4.69, 9.17) is 11.5 Å². The predicted octanol–water partition coefficient (Wildman–Crippen LogP) is 1.50. The lowest BCUT2D eigenvalue weighted by molar-refractivity contribution is 0.0981. The Morgan fingerprint density at radius 2 is 2.14 bits per heavy atom. The third-order valence-electron chi connectivity index (χ3n) is 2.12. The predicted molar refractivity (Wildman–Crippen MR) is 58.2 cm³/mol. The second-order valence-corrected chi connectivity index (χ2v) is 3.41. The smallest absolute Gasteiger partial charge is 0.164 e. The summed E-state index contributed by atoms with van der Waals surface area (Å²) in [6.07, 6.45) is 1.19. The largest absolute Gasteiger partial charge is 0.398 e. The van der Waals surface area contributed by atoms with Crippen LogP contribution in [0.25, 0.3) is 0 Å². The van der Waals surface area contributed by atoms with Gasteiger partial charge in [-0.3, -0.25) is 4.79 Å². The first-order chi connectivity index (χ1) is 6.65. The zero-order valence-corrected chi connectivity index (χ0v) is 8.42. The molecule has 0 radical (unpaired) electrons. The zero-order chi connectivity index (χ0) is 10.6. The number of Topliss-reactive ketones (excluding diaryl/α,β-unsaturated/α-hetero) is 1. The lowest BCUT2D eigenvalue weighted by Crippen LogP contribution is -2.07. The number of carbonyl (C=O) groups excluding carboxylic acids is 1. The van der Waals surface area contributed by atoms with E-state index in [1.54, 1.807) is 6.07 Å². The highest BCUT2D eigenvalue weighted by Gasteiger charge is 2.08. The van der Waals surface area contributed by atoms with Crippen molar-refractivity contribution in [3.8, 4) is 0 Å². The molecule has 76 valence electrons. The molecule has 3 nitrogen and oxygen atoms in total. The van der Waals surface area contributed by atoms with E-state index in [1.807, 2.05) is 19.1 Å². The quantitative estimate of drug-likeness (QED) is 0.561. The second kappa shape index (κ2) is 4.77. The van der Waals surface area contributed by atoms with Crippen LogP contribution in [0.5, 0.6) is 0 Å². The van der Waals surface area contributed by atoms with Gasteiger partial charge in [0.1, 0.15) is 0 Å². The Bertz CT molecular complexity index is 334. The van der Waals surface area contributed by atoms with E-state index < -0.39 is 0 Å². The highest BCUT2D eigenvalue weighted by Crippen LogP contribution is 2.16. The summed E-state index contributed by atoms with van der Waals surface area (Å²) in [6.45, 7) is 2.48. The van der Waals surface area contributed by atoms with Crippen LogP contribution < -0.4 is 11.5 Å². The first kappa shape index (κ1) is 10.7. The Hall–Kier alpha value is -1.35. The third kappa shape index (κ3) is 2.57. The van der Waals surface area contributed by atoms with Gasteiger partial charge < -0.3 is 11.5 Å². The number of ketones is 1. The number of rotatable bonds is 4. The Balaban J connectivity index is 2.83.